The Kier molecular flexibility index (Phi) is 3.59. The SMILES string of the molecule is CCC1NC2(CCCC2)C(=O)N1CC1CCCS1. The molecule has 2 aliphatic heterocycles. The minimum Gasteiger partial charge on any atom is -0.324 e. The van der Waals surface area contributed by atoms with Gasteiger partial charge in [-0.1, -0.05) is 19.8 Å². The van der Waals surface area contributed by atoms with E-state index in [1.807, 2.05) is 0 Å². The van der Waals surface area contributed by atoms with Crippen molar-refractivity contribution in [2.24, 2.45) is 0 Å². The van der Waals surface area contributed by atoms with Crippen molar-refractivity contribution in [3.8, 4) is 0 Å². The van der Waals surface area contributed by atoms with Crippen LogP contribution in [-0.2, 0) is 4.79 Å². The van der Waals surface area contributed by atoms with Gasteiger partial charge in [0.25, 0.3) is 0 Å². The number of thioether (sulfide) groups is 1. The van der Waals surface area contributed by atoms with E-state index >= 15 is 0 Å². The van der Waals surface area contributed by atoms with Crippen molar-refractivity contribution in [3.05, 3.63) is 0 Å². The van der Waals surface area contributed by atoms with Gasteiger partial charge in [-0.15, -0.1) is 0 Å². The zero-order valence-corrected chi connectivity index (χ0v) is 12.1. The molecule has 3 nitrogen and oxygen atoms in total. The molecular formula is C14H24N2OS. The van der Waals surface area contributed by atoms with Gasteiger partial charge in [-0.3, -0.25) is 10.1 Å². The topological polar surface area (TPSA) is 32.3 Å². The molecule has 0 aromatic rings. The summed E-state index contributed by atoms with van der Waals surface area (Å²) in [6.45, 7) is 3.16. The van der Waals surface area contributed by atoms with Crippen molar-refractivity contribution >= 4 is 17.7 Å². The molecule has 1 N–H and O–H groups in total. The Hall–Kier alpha value is -0.220. The fourth-order valence-corrected chi connectivity index (χ4v) is 5.02. The maximum absolute atomic E-state index is 12.7. The van der Waals surface area contributed by atoms with Gasteiger partial charge in [-0.2, -0.15) is 11.8 Å². The Labute approximate surface area is 114 Å². The molecule has 2 saturated heterocycles. The van der Waals surface area contributed by atoms with E-state index in [0.717, 1.165) is 25.8 Å². The first-order valence-electron chi connectivity index (χ1n) is 7.45. The summed E-state index contributed by atoms with van der Waals surface area (Å²) >= 11 is 2.05. The normalized spacial score (nSPS) is 34.9. The molecule has 2 heterocycles. The van der Waals surface area contributed by atoms with E-state index < -0.39 is 0 Å². The van der Waals surface area contributed by atoms with Crippen LogP contribution < -0.4 is 5.32 Å². The summed E-state index contributed by atoms with van der Waals surface area (Å²) in [6.07, 6.45) is 8.46. The van der Waals surface area contributed by atoms with Crippen LogP contribution in [0.3, 0.4) is 0 Å². The highest BCUT2D eigenvalue weighted by atomic mass is 32.2. The fourth-order valence-electron chi connectivity index (χ4n) is 3.75. The maximum Gasteiger partial charge on any atom is 0.244 e. The lowest BCUT2D eigenvalue weighted by atomic mass is 9.98. The van der Waals surface area contributed by atoms with E-state index in [-0.39, 0.29) is 11.7 Å². The van der Waals surface area contributed by atoms with Gasteiger partial charge >= 0.3 is 0 Å². The van der Waals surface area contributed by atoms with E-state index in [9.17, 15) is 4.79 Å². The van der Waals surface area contributed by atoms with Gasteiger partial charge in [0.2, 0.25) is 5.91 Å². The molecule has 1 amide bonds. The molecule has 0 bridgehead atoms. The zero-order chi connectivity index (χ0) is 12.6. The Bertz CT molecular complexity index is 322. The minimum atomic E-state index is -0.177. The van der Waals surface area contributed by atoms with E-state index in [1.165, 1.54) is 31.4 Å². The second-order valence-electron chi connectivity index (χ2n) is 5.95. The molecule has 102 valence electrons. The summed E-state index contributed by atoms with van der Waals surface area (Å²) in [6, 6.07) is 0. The molecule has 4 heteroatoms. The molecule has 1 saturated carbocycles. The van der Waals surface area contributed by atoms with Crippen molar-refractivity contribution in [3.63, 3.8) is 0 Å². The molecule has 0 aromatic carbocycles. The van der Waals surface area contributed by atoms with Crippen LogP contribution in [0, 0.1) is 0 Å². The lowest BCUT2D eigenvalue weighted by molar-refractivity contribution is -0.133. The van der Waals surface area contributed by atoms with Crippen LogP contribution >= 0.6 is 11.8 Å². The maximum atomic E-state index is 12.7. The average molecular weight is 268 g/mol. The highest BCUT2D eigenvalue weighted by Gasteiger charge is 2.51. The first-order chi connectivity index (χ1) is 8.75. The van der Waals surface area contributed by atoms with Gasteiger partial charge in [-0.25, -0.2) is 0 Å². The Balaban J connectivity index is 1.72. The van der Waals surface area contributed by atoms with Crippen LogP contribution in [0.25, 0.3) is 0 Å². The zero-order valence-electron chi connectivity index (χ0n) is 11.3. The van der Waals surface area contributed by atoms with E-state index in [0.29, 0.717) is 11.2 Å². The highest BCUT2D eigenvalue weighted by Crippen LogP contribution is 2.38. The third-order valence-corrected chi connectivity index (χ3v) is 6.14. The van der Waals surface area contributed by atoms with Gasteiger partial charge in [0.05, 0.1) is 11.7 Å². The van der Waals surface area contributed by atoms with Crippen LogP contribution in [-0.4, -0.2) is 40.1 Å². The number of amides is 1. The minimum absolute atomic E-state index is 0.177. The second-order valence-corrected chi connectivity index (χ2v) is 7.36. The van der Waals surface area contributed by atoms with Crippen LogP contribution in [0.5, 0.6) is 0 Å². The smallest absolute Gasteiger partial charge is 0.244 e. The number of carbonyl (C=O) groups is 1. The number of hydrogen-bond acceptors (Lipinski definition) is 3. The van der Waals surface area contributed by atoms with Crippen molar-refractivity contribution in [1.29, 1.82) is 0 Å². The molecule has 2 atom stereocenters. The van der Waals surface area contributed by atoms with Gasteiger partial charge in [-0.05, 0) is 37.9 Å². The first kappa shape index (κ1) is 12.8. The van der Waals surface area contributed by atoms with Crippen LogP contribution in [0.1, 0.15) is 51.9 Å². The first-order valence-corrected chi connectivity index (χ1v) is 8.50. The summed E-state index contributed by atoms with van der Waals surface area (Å²) in [5.74, 6) is 1.68. The standard InChI is InChI=1S/C14H24N2OS/c1-2-12-15-14(7-3-4-8-14)13(17)16(12)10-11-6-5-9-18-11/h11-12,15H,2-10H2,1H3. The Morgan fingerprint density at radius 1 is 1.39 bits per heavy atom. The highest BCUT2D eigenvalue weighted by molar-refractivity contribution is 8.00. The number of rotatable bonds is 3. The molecule has 18 heavy (non-hydrogen) atoms. The van der Waals surface area contributed by atoms with E-state index in [1.54, 1.807) is 0 Å². The summed E-state index contributed by atoms with van der Waals surface area (Å²) < 4.78 is 0. The molecule has 3 aliphatic rings. The third-order valence-electron chi connectivity index (χ3n) is 4.76. The second kappa shape index (κ2) is 5.04. The van der Waals surface area contributed by atoms with Crippen molar-refractivity contribution < 1.29 is 4.79 Å². The number of hydrogen-bond donors (Lipinski definition) is 1. The fraction of sp³-hybridized carbons (Fsp3) is 0.929. The molecule has 3 fully saturated rings. The summed E-state index contributed by atoms with van der Waals surface area (Å²) in [5, 5.41) is 4.34. The Morgan fingerprint density at radius 3 is 2.78 bits per heavy atom. The summed E-state index contributed by atoms with van der Waals surface area (Å²) in [5.41, 5.74) is -0.177. The van der Waals surface area contributed by atoms with Gasteiger partial charge in [0, 0.05) is 11.8 Å². The van der Waals surface area contributed by atoms with E-state index in [4.69, 9.17) is 0 Å². The van der Waals surface area contributed by atoms with Gasteiger partial charge in [0.15, 0.2) is 0 Å². The molecule has 0 radical (unpaired) electrons. The van der Waals surface area contributed by atoms with Crippen LogP contribution in [0.4, 0.5) is 0 Å². The number of nitrogens with one attached hydrogen (secondary N) is 1. The molecular weight excluding hydrogens is 244 g/mol. The van der Waals surface area contributed by atoms with Crippen LogP contribution in [0.15, 0.2) is 0 Å². The summed E-state index contributed by atoms with van der Waals surface area (Å²) in [4.78, 5) is 14.9. The predicted octanol–water partition coefficient (Wildman–Crippen LogP) is 2.36. The van der Waals surface area contributed by atoms with Crippen molar-refractivity contribution in [2.75, 3.05) is 12.3 Å². The monoisotopic (exact) mass is 268 g/mol. The lowest BCUT2D eigenvalue weighted by Crippen LogP contribution is -2.44. The Morgan fingerprint density at radius 2 is 2.17 bits per heavy atom. The van der Waals surface area contributed by atoms with Crippen LogP contribution in [0.2, 0.25) is 0 Å². The molecule has 1 spiro atoms. The van der Waals surface area contributed by atoms with E-state index in [2.05, 4.69) is 28.9 Å². The third kappa shape index (κ3) is 2.07. The van der Waals surface area contributed by atoms with Crippen molar-refractivity contribution in [2.45, 2.75) is 68.8 Å². The number of nitrogens with zero attached hydrogens (tertiary/aromatic N) is 1. The molecule has 2 unspecified atom stereocenters. The summed E-state index contributed by atoms with van der Waals surface area (Å²) in [7, 11) is 0. The predicted molar refractivity (Wildman–Crippen MR) is 75.6 cm³/mol. The number of carbonyl (C=O) groups excluding carboxylic acids is 1. The molecule has 1 aliphatic carbocycles. The van der Waals surface area contributed by atoms with Gasteiger partial charge < -0.3 is 4.90 Å². The van der Waals surface area contributed by atoms with Gasteiger partial charge in [0.1, 0.15) is 0 Å². The van der Waals surface area contributed by atoms with Crippen molar-refractivity contribution in [1.82, 2.24) is 10.2 Å². The molecule has 3 rings (SSSR count). The average Bonchev–Trinajstić information content (AvgIpc) is 3.08. The lowest BCUT2D eigenvalue weighted by Gasteiger charge is -2.26. The molecule has 0 aromatic heterocycles. The largest absolute Gasteiger partial charge is 0.324 e. The quantitative estimate of drug-likeness (QED) is 0.853.